The molecule has 0 amide bonds. The Bertz CT molecular complexity index is 909. The van der Waals surface area contributed by atoms with Crippen LogP contribution in [0.25, 0.3) is 6.08 Å². The van der Waals surface area contributed by atoms with Crippen LogP contribution in [0.15, 0.2) is 72.4 Å². The van der Waals surface area contributed by atoms with Crippen molar-refractivity contribution in [1.29, 1.82) is 0 Å². The molecule has 0 unspecified atom stereocenters. The van der Waals surface area contributed by atoms with Gasteiger partial charge in [0.2, 0.25) is 0 Å². The van der Waals surface area contributed by atoms with Crippen LogP contribution in [0.4, 0.5) is 0 Å². The fourth-order valence-corrected chi connectivity index (χ4v) is 6.87. The number of hydrogen-bond donors (Lipinski definition) is 2. The first-order valence-electron chi connectivity index (χ1n) is 11.3. The Kier molecular flexibility index (Phi) is 5.24. The van der Waals surface area contributed by atoms with E-state index in [0.717, 1.165) is 12.8 Å². The highest BCUT2D eigenvalue weighted by Crippen LogP contribution is 2.67. The van der Waals surface area contributed by atoms with Crippen LogP contribution < -0.4 is 0 Å². The monoisotopic (exact) mass is 402 g/mol. The van der Waals surface area contributed by atoms with Gasteiger partial charge in [-0.05, 0) is 72.8 Å². The van der Waals surface area contributed by atoms with E-state index < -0.39 is 12.1 Å². The molecule has 4 aliphatic carbocycles. The van der Waals surface area contributed by atoms with Gasteiger partial charge in [0, 0.05) is 11.5 Å². The van der Waals surface area contributed by atoms with Gasteiger partial charge in [0.25, 0.3) is 0 Å². The van der Waals surface area contributed by atoms with Crippen molar-refractivity contribution in [3.63, 3.8) is 0 Å². The van der Waals surface area contributed by atoms with Crippen LogP contribution >= 0.6 is 0 Å². The minimum Gasteiger partial charge on any atom is -0.478 e. The highest BCUT2D eigenvalue weighted by molar-refractivity contribution is 5.88. The number of allylic oxidation sites excluding steroid dienone is 5. The lowest BCUT2D eigenvalue weighted by Crippen LogP contribution is -2.50. The molecule has 3 nitrogen and oxygen atoms in total. The molecule has 4 aliphatic rings. The van der Waals surface area contributed by atoms with Crippen molar-refractivity contribution >= 4 is 12.0 Å². The van der Waals surface area contributed by atoms with Crippen LogP contribution in [0.2, 0.25) is 0 Å². The lowest BCUT2D eigenvalue weighted by Gasteiger charge is -2.54. The Hall–Kier alpha value is -2.39. The molecule has 0 aliphatic heterocycles. The summed E-state index contributed by atoms with van der Waals surface area (Å²) in [5.41, 5.74) is 1.63. The normalized spacial score (nSPS) is 38.5. The van der Waals surface area contributed by atoms with Crippen molar-refractivity contribution < 1.29 is 15.0 Å². The predicted molar refractivity (Wildman–Crippen MR) is 118 cm³/mol. The van der Waals surface area contributed by atoms with Crippen molar-refractivity contribution in [3.8, 4) is 0 Å². The summed E-state index contributed by atoms with van der Waals surface area (Å²) in [7, 11) is 0. The highest BCUT2D eigenvalue weighted by Gasteiger charge is 2.63. The standard InChI is InChI=1S/C27H30O3/c28-24-16-22(27(29)30)20-14-13-19-18(21-15-23(24)26(20)25(19)21)12-8-3-1-2-5-9-17-10-6-4-7-11-17/h1-2,4-7,9-11,13-14,16,18-21,23-26,28H,3,8,12,15H2,(H,29,30)/b2-1-,9-5+/t18-,19-,20+,21+,23+,24-,25-,26+/m1/s1. The van der Waals surface area contributed by atoms with Crippen LogP contribution in [0.1, 0.15) is 31.2 Å². The molecule has 0 radical (unpaired) electrons. The SMILES string of the molecule is O=C(O)C1=C[C@@H](O)[C@@H]2C[C@H]3[C@H](CCC/C=C\C=C\c4ccccc4)[C@H]4C=C[C@@H]1[C@@H]2[C@H]43. The van der Waals surface area contributed by atoms with Crippen LogP contribution in [-0.2, 0) is 4.79 Å². The minimum atomic E-state index is -0.868. The van der Waals surface area contributed by atoms with E-state index in [1.807, 2.05) is 18.2 Å². The van der Waals surface area contributed by atoms with E-state index in [4.69, 9.17) is 0 Å². The summed E-state index contributed by atoms with van der Waals surface area (Å²) in [5.74, 6) is 2.24. The van der Waals surface area contributed by atoms with Crippen LogP contribution in [0.3, 0.4) is 0 Å². The average Bonchev–Trinajstić information content (AvgIpc) is 3.11. The van der Waals surface area contributed by atoms with E-state index >= 15 is 0 Å². The van der Waals surface area contributed by atoms with Crippen LogP contribution in [0.5, 0.6) is 0 Å². The molecule has 0 heterocycles. The summed E-state index contributed by atoms with van der Waals surface area (Å²) in [5, 5.41) is 20.1. The second kappa shape index (κ2) is 8.03. The molecule has 0 bridgehead atoms. The first-order chi connectivity index (χ1) is 14.6. The van der Waals surface area contributed by atoms with Gasteiger partial charge in [-0.3, -0.25) is 0 Å². The fourth-order valence-electron chi connectivity index (χ4n) is 6.87. The van der Waals surface area contributed by atoms with Crippen molar-refractivity contribution in [2.24, 2.45) is 41.4 Å². The topological polar surface area (TPSA) is 57.5 Å². The van der Waals surface area contributed by atoms with E-state index in [9.17, 15) is 15.0 Å². The van der Waals surface area contributed by atoms with Crippen molar-refractivity contribution in [1.82, 2.24) is 0 Å². The maximum atomic E-state index is 11.7. The molecule has 30 heavy (non-hydrogen) atoms. The van der Waals surface area contributed by atoms with Crippen LogP contribution in [0, 0.1) is 41.4 Å². The number of hydrogen-bond acceptors (Lipinski definition) is 2. The molecular formula is C27H30O3. The quantitative estimate of drug-likeness (QED) is 0.378. The summed E-state index contributed by atoms with van der Waals surface area (Å²) < 4.78 is 0. The molecule has 2 N–H and O–H groups in total. The van der Waals surface area contributed by atoms with Crippen LogP contribution in [-0.4, -0.2) is 22.3 Å². The summed E-state index contributed by atoms with van der Waals surface area (Å²) in [4.78, 5) is 11.7. The molecule has 3 heteroatoms. The number of unbranched alkanes of at least 4 members (excludes halogenated alkanes) is 1. The van der Waals surface area contributed by atoms with Crippen molar-refractivity contribution in [2.75, 3.05) is 0 Å². The van der Waals surface area contributed by atoms with Gasteiger partial charge in [-0.25, -0.2) is 4.79 Å². The second-order valence-electron chi connectivity index (χ2n) is 9.42. The zero-order chi connectivity index (χ0) is 20.7. The number of aliphatic carboxylic acids is 1. The van der Waals surface area contributed by atoms with Gasteiger partial charge in [0.15, 0.2) is 0 Å². The molecule has 0 aromatic heterocycles. The number of rotatable bonds is 7. The third kappa shape index (κ3) is 3.30. The lowest BCUT2D eigenvalue weighted by atomic mass is 9.50. The number of benzene rings is 1. The van der Waals surface area contributed by atoms with Gasteiger partial charge >= 0.3 is 5.97 Å². The summed E-state index contributed by atoms with van der Waals surface area (Å²) in [6.45, 7) is 0. The lowest BCUT2D eigenvalue weighted by molar-refractivity contribution is -0.134. The van der Waals surface area contributed by atoms with E-state index in [0.29, 0.717) is 35.2 Å². The van der Waals surface area contributed by atoms with E-state index in [-0.39, 0.29) is 11.8 Å². The van der Waals surface area contributed by atoms with Crippen molar-refractivity contribution in [3.05, 3.63) is 77.9 Å². The summed E-state index contributed by atoms with van der Waals surface area (Å²) in [6.07, 6.45) is 18.7. The summed E-state index contributed by atoms with van der Waals surface area (Å²) >= 11 is 0. The number of carboxylic acid groups (broad SMARTS) is 1. The molecular weight excluding hydrogens is 372 g/mol. The average molecular weight is 403 g/mol. The third-order valence-corrected chi connectivity index (χ3v) is 8.06. The van der Waals surface area contributed by atoms with E-state index in [2.05, 4.69) is 48.6 Å². The van der Waals surface area contributed by atoms with Gasteiger partial charge in [-0.1, -0.05) is 66.8 Å². The Balaban J connectivity index is 1.16. The van der Waals surface area contributed by atoms with E-state index in [1.54, 1.807) is 6.08 Å². The molecule has 2 fully saturated rings. The van der Waals surface area contributed by atoms with Gasteiger partial charge in [0.1, 0.15) is 0 Å². The smallest absolute Gasteiger partial charge is 0.331 e. The molecule has 1 aromatic rings. The first kappa shape index (κ1) is 19.6. The number of aliphatic hydroxyl groups is 1. The minimum absolute atomic E-state index is 0.00225. The zero-order valence-electron chi connectivity index (χ0n) is 17.2. The maximum Gasteiger partial charge on any atom is 0.331 e. The number of carbonyl (C=O) groups is 1. The Morgan fingerprint density at radius 1 is 1.07 bits per heavy atom. The second-order valence-corrected chi connectivity index (χ2v) is 9.42. The highest BCUT2D eigenvalue weighted by atomic mass is 16.4. The van der Waals surface area contributed by atoms with Crippen molar-refractivity contribution in [2.45, 2.75) is 31.8 Å². The Morgan fingerprint density at radius 2 is 1.90 bits per heavy atom. The summed E-state index contributed by atoms with van der Waals surface area (Å²) in [6, 6.07) is 10.3. The van der Waals surface area contributed by atoms with Gasteiger partial charge in [0.05, 0.1) is 6.10 Å². The van der Waals surface area contributed by atoms with E-state index in [1.165, 1.54) is 18.4 Å². The molecule has 0 spiro atoms. The Morgan fingerprint density at radius 3 is 2.70 bits per heavy atom. The largest absolute Gasteiger partial charge is 0.478 e. The molecule has 8 atom stereocenters. The van der Waals surface area contributed by atoms with Gasteiger partial charge in [-0.2, -0.15) is 0 Å². The molecule has 0 saturated heterocycles. The predicted octanol–water partition coefficient (Wildman–Crippen LogP) is 5.11. The number of carboxylic acids is 1. The molecule has 156 valence electrons. The number of aliphatic hydroxyl groups excluding tert-OH is 1. The maximum absolute atomic E-state index is 11.7. The zero-order valence-corrected chi connectivity index (χ0v) is 17.2. The van der Waals surface area contributed by atoms with Gasteiger partial charge in [-0.15, -0.1) is 0 Å². The molecule has 5 rings (SSSR count). The molecule has 1 aromatic carbocycles. The Labute approximate surface area is 178 Å². The third-order valence-electron chi connectivity index (χ3n) is 8.06. The molecule has 2 saturated carbocycles. The first-order valence-corrected chi connectivity index (χ1v) is 11.3. The van der Waals surface area contributed by atoms with Gasteiger partial charge < -0.3 is 10.2 Å². The fraction of sp³-hybridized carbons (Fsp3) is 0.444.